The topological polar surface area (TPSA) is 32.3 Å². The molecule has 92 valence electrons. The standard InChI is InChI=1S/C14H20N2O/c1-10-4-6-13(7-5-10)16-11(2)12(9-15-3)8-14(16)17/h4-7,11-12,15H,8-9H2,1-3H3. The maximum atomic E-state index is 12.1. The van der Waals surface area contributed by atoms with E-state index in [0.717, 1.165) is 12.2 Å². The van der Waals surface area contributed by atoms with Gasteiger partial charge in [0.15, 0.2) is 0 Å². The normalized spacial score (nSPS) is 24.4. The molecule has 1 amide bonds. The van der Waals surface area contributed by atoms with Crippen molar-refractivity contribution in [3.05, 3.63) is 29.8 Å². The molecule has 0 bridgehead atoms. The molecule has 1 N–H and O–H groups in total. The van der Waals surface area contributed by atoms with Crippen LogP contribution in [0.3, 0.4) is 0 Å². The van der Waals surface area contributed by atoms with Gasteiger partial charge in [0.1, 0.15) is 0 Å². The number of benzene rings is 1. The lowest BCUT2D eigenvalue weighted by Crippen LogP contribution is -2.35. The molecule has 0 radical (unpaired) electrons. The molecule has 3 nitrogen and oxygen atoms in total. The van der Waals surface area contributed by atoms with Gasteiger partial charge >= 0.3 is 0 Å². The Bertz CT molecular complexity index is 399. The number of amides is 1. The average molecular weight is 232 g/mol. The van der Waals surface area contributed by atoms with Gasteiger partial charge in [0.05, 0.1) is 0 Å². The van der Waals surface area contributed by atoms with Gasteiger partial charge in [-0.15, -0.1) is 0 Å². The first-order valence-corrected chi connectivity index (χ1v) is 6.17. The Hall–Kier alpha value is -1.35. The number of carbonyl (C=O) groups excluding carboxylic acids is 1. The van der Waals surface area contributed by atoms with Crippen LogP contribution < -0.4 is 10.2 Å². The van der Waals surface area contributed by atoms with Crippen molar-refractivity contribution in [1.29, 1.82) is 0 Å². The molecule has 1 fully saturated rings. The highest BCUT2D eigenvalue weighted by Gasteiger charge is 2.36. The van der Waals surface area contributed by atoms with Crippen molar-refractivity contribution in [2.24, 2.45) is 5.92 Å². The highest BCUT2D eigenvalue weighted by molar-refractivity contribution is 5.96. The Kier molecular flexibility index (Phi) is 3.48. The molecular formula is C14H20N2O. The monoisotopic (exact) mass is 232 g/mol. The predicted molar refractivity (Wildman–Crippen MR) is 70.2 cm³/mol. The number of aryl methyl sites for hydroxylation is 1. The second-order valence-electron chi connectivity index (χ2n) is 4.86. The van der Waals surface area contributed by atoms with Crippen molar-refractivity contribution < 1.29 is 4.79 Å². The molecule has 1 aromatic carbocycles. The van der Waals surface area contributed by atoms with E-state index in [9.17, 15) is 4.79 Å². The summed E-state index contributed by atoms with van der Waals surface area (Å²) in [4.78, 5) is 14.0. The molecule has 2 unspecified atom stereocenters. The van der Waals surface area contributed by atoms with Crippen LogP contribution in [-0.2, 0) is 4.79 Å². The van der Waals surface area contributed by atoms with Crippen LogP contribution in [0.5, 0.6) is 0 Å². The number of carbonyl (C=O) groups is 1. The summed E-state index contributed by atoms with van der Waals surface area (Å²) in [5, 5.41) is 3.16. The Balaban J connectivity index is 2.21. The minimum atomic E-state index is 0.238. The first kappa shape index (κ1) is 12.1. The molecule has 1 heterocycles. The third-order valence-electron chi connectivity index (χ3n) is 3.57. The quantitative estimate of drug-likeness (QED) is 0.864. The number of nitrogens with one attached hydrogen (secondary N) is 1. The molecule has 1 aromatic rings. The summed E-state index contributed by atoms with van der Waals surface area (Å²) in [6.07, 6.45) is 0.649. The van der Waals surface area contributed by atoms with Crippen molar-refractivity contribution in [2.75, 3.05) is 18.5 Å². The zero-order chi connectivity index (χ0) is 12.4. The molecule has 0 saturated carbocycles. The SMILES string of the molecule is CNCC1CC(=O)N(c2ccc(C)cc2)C1C. The lowest BCUT2D eigenvalue weighted by atomic mass is 10.0. The number of hydrogen-bond acceptors (Lipinski definition) is 2. The van der Waals surface area contributed by atoms with E-state index < -0.39 is 0 Å². The lowest BCUT2D eigenvalue weighted by Gasteiger charge is -2.25. The van der Waals surface area contributed by atoms with Crippen LogP contribution in [0.1, 0.15) is 18.9 Å². The van der Waals surface area contributed by atoms with Crippen molar-refractivity contribution in [3.8, 4) is 0 Å². The van der Waals surface area contributed by atoms with Crippen molar-refractivity contribution in [3.63, 3.8) is 0 Å². The summed E-state index contributed by atoms with van der Waals surface area (Å²) in [5.41, 5.74) is 2.24. The van der Waals surface area contributed by atoms with E-state index in [4.69, 9.17) is 0 Å². The zero-order valence-electron chi connectivity index (χ0n) is 10.7. The van der Waals surface area contributed by atoms with Crippen LogP contribution in [0, 0.1) is 12.8 Å². The van der Waals surface area contributed by atoms with E-state index in [2.05, 4.69) is 31.3 Å². The van der Waals surface area contributed by atoms with E-state index in [-0.39, 0.29) is 11.9 Å². The van der Waals surface area contributed by atoms with E-state index in [1.807, 2.05) is 24.1 Å². The maximum Gasteiger partial charge on any atom is 0.227 e. The second kappa shape index (κ2) is 4.88. The Morgan fingerprint density at radius 1 is 1.35 bits per heavy atom. The maximum absolute atomic E-state index is 12.1. The molecule has 2 rings (SSSR count). The average Bonchev–Trinajstić information content (AvgIpc) is 2.57. The molecule has 3 heteroatoms. The molecular weight excluding hydrogens is 212 g/mol. The van der Waals surface area contributed by atoms with E-state index in [1.165, 1.54) is 5.56 Å². The van der Waals surface area contributed by atoms with Crippen LogP contribution in [0.25, 0.3) is 0 Å². The van der Waals surface area contributed by atoms with Crippen LogP contribution in [-0.4, -0.2) is 25.5 Å². The summed E-state index contributed by atoms with van der Waals surface area (Å²) in [6.45, 7) is 5.09. The summed E-state index contributed by atoms with van der Waals surface area (Å²) in [6, 6.07) is 8.45. The first-order chi connectivity index (χ1) is 8.13. The molecule has 0 aliphatic carbocycles. The molecule has 2 atom stereocenters. The molecule has 0 aromatic heterocycles. The number of rotatable bonds is 3. The van der Waals surface area contributed by atoms with Crippen LogP contribution in [0.4, 0.5) is 5.69 Å². The third kappa shape index (κ3) is 2.34. The van der Waals surface area contributed by atoms with Crippen molar-refractivity contribution >= 4 is 11.6 Å². The Morgan fingerprint density at radius 3 is 2.59 bits per heavy atom. The van der Waals surface area contributed by atoms with Gasteiger partial charge in [-0.2, -0.15) is 0 Å². The fraction of sp³-hybridized carbons (Fsp3) is 0.500. The molecule has 1 saturated heterocycles. The first-order valence-electron chi connectivity index (χ1n) is 6.17. The number of anilines is 1. The number of nitrogens with zero attached hydrogens (tertiary/aromatic N) is 1. The summed E-state index contributed by atoms with van der Waals surface area (Å²) < 4.78 is 0. The summed E-state index contributed by atoms with van der Waals surface area (Å²) in [7, 11) is 1.94. The molecule has 17 heavy (non-hydrogen) atoms. The number of hydrogen-bond donors (Lipinski definition) is 1. The van der Waals surface area contributed by atoms with E-state index >= 15 is 0 Å². The highest BCUT2D eigenvalue weighted by atomic mass is 16.2. The van der Waals surface area contributed by atoms with Gasteiger partial charge in [-0.1, -0.05) is 17.7 Å². The van der Waals surface area contributed by atoms with Crippen molar-refractivity contribution in [2.45, 2.75) is 26.3 Å². The Labute approximate surface area is 103 Å². The summed E-state index contributed by atoms with van der Waals surface area (Å²) >= 11 is 0. The fourth-order valence-electron chi connectivity index (χ4n) is 2.52. The van der Waals surface area contributed by atoms with Gasteiger partial charge < -0.3 is 10.2 Å². The van der Waals surface area contributed by atoms with Crippen LogP contribution >= 0.6 is 0 Å². The lowest BCUT2D eigenvalue weighted by molar-refractivity contribution is -0.117. The largest absolute Gasteiger partial charge is 0.319 e. The minimum absolute atomic E-state index is 0.238. The van der Waals surface area contributed by atoms with Gasteiger partial charge in [0.25, 0.3) is 0 Å². The van der Waals surface area contributed by atoms with Gasteiger partial charge in [0, 0.05) is 30.6 Å². The van der Waals surface area contributed by atoms with E-state index in [1.54, 1.807) is 0 Å². The second-order valence-corrected chi connectivity index (χ2v) is 4.86. The predicted octanol–water partition coefficient (Wildman–Crippen LogP) is 1.96. The smallest absolute Gasteiger partial charge is 0.227 e. The van der Waals surface area contributed by atoms with Crippen LogP contribution in [0.15, 0.2) is 24.3 Å². The fourth-order valence-corrected chi connectivity index (χ4v) is 2.52. The van der Waals surface area contributed by atoms with Crippen LogP contribution in [0.2, 0.25) is 0 Å². The third-order valence-corrected chi connectivity index (χ3v) is 3.57. The van der Waals surface area contributed by atoms with Gasteiger partial charge in [0.2, 0.25) is 5.91 Å². The minimum Gasteiger partial charge on any atom is -0.319 e. The van der Waals surface area contributed by atoms with E-state index in [0.29, 0.717) is 12.3 Å². The molecule has 0 spiro atoms. The highest BCUT2D eigenvalue weighted by Crippen LogP contribution is 2.30. The molecule has 1 aliphatic heterocycles. The van der Waals surface area contributed by atoms with Gasteiger partial charge in [-0.25, -0.2) is 0 Å². The van der Waals surface area contributed by atoms with Gasteiger partial charge in [-0.05, 0) is 33.0 Å². The molecule has 1 aliphatic rings. The Morgan fingerprint density at radius 2 is 2.00 bits per heavy atom. The van der Waals surface area contributed by atoms with Crippen molar-refractivity contribution in [1.82, 2.24) is 5.32 Å². The summed E-state index contributed by atoms with van der Waals surface area (Å²) in [5.74, 6) is 0.649. The zero-order valence-corrected chi connectivity index (χ0v) is 10.7. The van der Waals surface area contributed by atoms with Gasteiger partial charge in [-0.3, -0.25) is 4.79 Å².